The Labute approximate surface area is 101 Å². The largest absolute Gasteiger partial charge is 0.477 e. The molecule has 1 fully saturated rings. The van der Waals surface area contributed by atoms with Crippen LogP contribution < -0.4 is 0 Å². The second-order valence-electron chi connectivity index (χ2n) is 4.55. The Morgan fingerprint density at radius 3 is 2.47 bits per heavy atom. The van der Waals surface area contributed by atoms with Gasteiger partial charge in [0, 0.05) is 12.7 Å². The number of pyridine rings is 1. The Kier molecular flexibility index (Phi) is 4.09. The molecule has 1 aromatic rings. The molecule has 0 bridgehead atoms. The van der Waals surface area contributed by atoms with E-state index in [0.29, 0.717) is 0 Å². The number of hydrogen-bond donors (Lipinski definition) is 1. The first kappa shape index (κ1) is 12.0. The molecule has 1 aliphatic heterocycles. The molecule has 0 unspecified atom stereocenters. The van der Waals surface area contributed by atoms with Crippen molar-refractivity contribution in [1.29, 1.82) is 0 Å². The number of hydrogen-bond acceptors (Lipinski definition) is 3. The van der Waals surface area contributed by atoms with Gasteiger partial charge in [-0.15, -0.1) is 0 Å². The third kappa shape index (κ3) is 3.53. The average molecular weight is 234 g/mol. The first-order valence-corrected chi connectivity index (χ1v) is 6.16. The molecule has 4 nitrogen and oxygen atoms in total. The third-order valence-corrected chi connectivity index (χ3v) is 3.15. The zero-order valence-electron chi connectivity index (χ0n) is 9.93. The zero-order valence-corrected chi connectivity index (χ0v) is 9.93. The molecule has 4 heteroatoms. The van der Waals surface area contributed by atoms with Crippen molar-refractivity contribution in [3.05, 3.63) is 29.6 Å². The van der Waals surface area contributed by atoms with Gasteiger partial charge in [0.15, 0.2) is 0 Å². The molecular formula is C13H18N2O2. The summed E-state index contributed by atoms with van der Waals surface area (Å²) in [4.78, 5) is 17.0. The molecule has 0 saturated carbocycles. The minimum atomic E-state index is -0.966. The number of nitrogens with zero attached hydrogens (tertiary/aromatic N) is 2. The van der Waals surface area contributed by atoms with Gasteiger partial charge in [0.2, 0.25) is 0 Å². The van der Waals surface area contributed by atoms with Crippen LogP contribution in [-0.4, -0.2) is 34.0 Å². The van der Waals surface area contributed by atoms with E-state index in [1.807, 2.05) is 6.07 Å². The van der Waals surface area contributed by atoms with Crippen molar-refractivity contribution in [1.82, 2.24) is 9.88 Å². The summed E-state index contributed by atoms with van der Waals surface area (Å²) in [5, 5.41) is 8.76. The number of aromatic nitrogens is 1. The van der Waals surface area contributed by atoms with Crippen molar-refractivity contribution >= 4 is 5.97 Å². The summed E-state index contributed by atoms with van der Waals surface area (Å²) >= 11 is 0. The van der Waals surface area contributed by atoms with Crippen LogP contribution in [0.4, 0.5) is 0 Å². The van der Waals surface area contributed by atoms with E-state index >= 15 is 0 Å². The Hall–Kier alpha value is -1.42. The zero-order chi connectivity index (χ0) is 12.1. The van der Waals surface area contributed by atoms with E-state index in [-0.39, 0.29) is 5.69 Å². The molecule has 1 aliphatic rings. The average Bonchev–Trinajstić information content (AvgIpc) is 2.58. The summed E-state index contributed by atoms with van der Waals surface area (Å²) in [5.41, 5.74) is 1.21. The van der Waals surface area contributed by atoms with Crippen molar-refractivity contribution in [3.8, 4) is 0 Å². The highest BCUT2D eigenvalue weighted by Gasteiger charge is 2.10. The van der Waals surface area contributed by atoms with Crippen molar-refractivity contribution < 1.29 is 9.90 Å². The molecule has 0 amide bonds. The number of carbonyl (C=O) groups is 1. The highest BCUT2D eigenvalue weighted by molar-refractivity contribution is 5.85. The molecule has 1 N–H and O–H groups in total. The Morgan fingerprint density at radius 1 is 1.24 bits per heavy atom. The predicted molar refractivity (Wildman–Crippen MR) is 64.9 cm³/mol. The number of carboxylic acids is 1. The number of likely N-dealkylation sites (tertiary alicyclic amines) is 1. The molecular weight excluding hydrogens is 216 g/mol. The second-order valence-corrected chi connectivity index (χ2v) is 4.55. The van der Waals surface area contributed by atoms with Crippen molar-refractivity contribution in [3.63, 3.8) is 0 Å². The smallest absolute Gasteiger partial charge is 0.354 e. The van der Waals surface area contributed by atoms with Crippen LogP contribution in [0, 0.1) is 0 Å². The lowest BCUT2D eigenvalue weighted by molar-refractivity contribution is 0.0690. The van der Waals surface area contributed by atoms with Crippen LogP contribution in [0.15, 0.2) is 18.3 Å². The maximum absolute atomic E-state index is 10.7. The number of rotatable bonds is 3. The van der Waals surface area contributed by atoms with E-state index in [4.69, 9.17) is 5.11 Å². The molecule has 2 rings (SSSR count). The maximum Gasteiger partial charge on any atom is 0.354 e. The molecule has 92 valence electrons. The van der Waals surface area contributed by atoms with Crippen LogP contribution >= 0.6 is 0 Å². The van der Waals surface area contributed by atoms with Gasteiger partial charge in [-0.05, 0) is 37.6 Å². The quantitative estimate of drug-likeness (QED) is 0.870. The normalized spacial score (nSPS) is 17.6. The summed E-state index contributed by atoms with van der Waals surface area (Å²) in [6, 6.07) is 3.44. The molecule has 1 saturated heterocycles. The van der Waals surface area contributed by atoms with Crippen molar-refractivity contribution in [2.24, 2.45) is 0 Å². The molecule has 0 aromatic carbocycles. The maximum atomic E-state index is 10.7. The Morgan fingerprint density at radius 2 is 1.94 bits per heavy atom. The summed E-state index contributed by atoms with van der Waals surface area (Å²) in [5.74, 6) is -0.966. The molecule has 0 aliphatic carbocycles. The molecule has 1 aromatic heterocycles. The Balaban J connectivity index is 1.95. The fraction of sp³-hybridized carbons (Fsp3) is 0.538. The first-order valence-electron chi connectivity index (χ1n) is 6.16. The van der Waals surface area contributed by atoms with Crippen LogP contribution in [-0.2, 0) is 6.54 Å². The van der Waals surface area contributed by atoms with Crippen molar-refractivity contribution in [2.45, 2.75) is 32.2 Å². The van der Waals surface area contributed by atoms with Crippen LogP contribution in [0.2, 0.25) is 0 Å². The summed E-state index contributed by atoms with van der Waals surface area (Å²) in [6.07, 6.45) is 6.86. The topological polar surface area (TPSA) is 53.4 Å². The SMILES string of the molecule is O=C(O)c1ccc(CN2CCCCCC2)cn1. The van der Waals surface area contributed by atoms with Gasteiger partial charge >= 0.3 is 5.97 Å². The van der Waals surface area contributed by atoms with Gasteiger partial charge in [0.1, 0.15) is 5.69 Å². The lowest BCUT2D eigenvalue weighted by Crippen LogP contribution is -2.24. The van der Waals surface area contributed by atoms with E-state index in [1.165, 1.54) is 25.7 Å². The van der Waals surface area contributed by atoms with Crippen molar-refractivity contribution in [2.75, 3.05) is 13.1 Å². The summed E-state index contributed by atoms with van der Waals surface area (Å²) in [7, 11) is 0. The lowest BCUT2D eigenvalue weighted by atomic mass is 10.2. The first-order chi connectivity index (χ1) is 8.25. The fourth-order valence-electron chi connectivity index (χ4n) is 2.20. The standard InChI is InChI=1S/C13H18N2O2/c16-13(17)12-6-5-11(9-14-12)10-15-7-3-1-2-4-8-15/h5-6,9H,1-4,7-8,10H2,(H,16,17). The number of aromatic carboxylic acids is 1. The van der Waals surface area contributed by atoms with Gasteiger partial charge in [0.25, 0.3) is 0 Å². The van der Waals surface area contributed by atoms with Gasteiger partial charge in [0.05, 0.1) is 0 Å². The summed E-state index contributed by atoms with van der Waals surface area (Å²) in [6.45, 7) is 3.16. The predicted octanol–water partition coefficient (Wildman–Crippen LogP) is 2.16. The van der Waals surface area contributed by atoms with E-state index in [1.54, 1.807) is 12.3 Å². The summed E-state index contributed by atoms with van der Waals surface area (Å²) < 4.78 is 0. The van der Waals surface area contributed by atoms with Crippen LogP contribution in [0.3, 0.4) is 0 Å². The highest BCUT2D eigenvalue weighted by Crippen LogP contribution is 2.12. The van der Waals surface area contributed by atoms with Crippen LogP contribution in [0.5, 0.6) is 0 Å². The van der Waals surface area contributed by atoms with Crippen LogP contribution in [0.25, 0.3) is 0 Å². The van der Waals surface area contributed by atoms with Gasteiger partial charge < -0.3 is 5.11 Å². The van der Waals surface area contributed by atoms with Crippen LogP contribution in [0.1, 0.15) is 41.7 Å². The lowest BCUT2D eigenvalue weighted by Gasteiger charge is -2.19. The van der Waals surface area contributed by atoms with Gasteiger partial charge in [-0.1, -0.05) is 18.9 Å². The van der Waals surface area contributed by atoms with E-state index in [0.717, 1.165) is 25.2 Å². The fourth-order valence-corrected chi connectivity index (χ4v) is 2.20. The molecule has 2 heterocycles. The second kappa shape index (κ2) is 5.77. The Bertz CT molecular complexity index is 368. The van der Waals surface area contributed by atoms with Gasteiger partial charge in [-0.25, -0.2) is 9.78 Å². The van der Waals surface area contributed by atoms with E-state index in [9.17, 15) is 4.79 Å². The third-order valence-electron chi connectivity index (χ3n) is 3.15. The van der Waals surface area contributed by atoms with Gasteiger partial charge in [-0.2, -0.15) is 0 Å². The minimum Gasteiger partial charge on any atom is -0.477 e. The van der Waals surface area contributed by atoms with E-state index < -0.39 is 5.97 Å². The monoisotopic (exact) mass is 234 g/mol. The molecule has 17 heavy (non-hydrogen) atoms. The molecule has 0 spiro atoms. The number of carboxylic acid groups (broad SMARTS) is 1. The van der Waals surface area contributed by atoms with Gasteiger partial charge in [-0.3, -0.25) is 4.90 Å². The van der Waals surface area contributed by atoms with E-state index in [2.05, 4.69) is 9.88 Å². The molecule has 0 radical (unpaired) electrons. The molecule has 0 atom stereocenters. The minimum absolute atomic E-state index is 0.115. The highest BCUT2D eigenvalue weighted by atomic mass is 16.4.